The zero-order valence-corrected chi connectivity index (χ0v) is 10.3. The predicted octanol–water partition coefficient (Wildman–Crippen LogP) is 2.04. The number of hydrogen-bond donors (Lipinski definition) is 1. The predicted molar refractivity (Wildman–Crippen MR) is 66.0 cm³/mol. The van der Waals surface area contributed by atoms with Crippen LogP contribution in [0, 0.1) is 5.82 Å². The molecule has 0 bridgehead atoms. The second kappa shape index (κ2) is 5.51. The molecule has 0 atom stereocenters. The number of rotatable bonds is 5. The Bertz CT molecular complexity index is 595. The zero-order chi connectivity index (χ0) is 13.8. The van der Waals surface area contributed by atoms with E-state index in [1.165, 1.54) is 25.3 Å². The highest BCUT2D eigenvalue weighted by molar-refractivity contribution is 5.67. The minimum atomic E-state index is -0.902. The van der Waals surface area contributed by atoms with Gasteiger partial charge in [0.05, 0.1) is 19.2 Å². The number of ether oxygens (including phenoxy) is 1. The van der Waals surface area contributed by atoms with E-state index in [1.807, 2.05) is 0 Å². The molecule has 100 valence electrons. The van der Waals surface area contributed by atoms with Crippen molar-refractivity contribution in [3.63, 3.8) is 0 Å². The minimum Gasteiger partial charge on any atom is -0.495 e. The highest BCUT2D eigenvalue weighted by atomic mass is 19.1. The molecule has 1 heterocycles. The zero-order valence-electron chi connectivity index (χ0n) is 10.3. The van der Waals surface area contributed by atoms with Gasteiger partial charge in [-0.05, 0) is 12.1 Å². The summed E-state index contributed by atoms with van der Waals surface area (Å²) < 4.78 is 20.1. The smallest absolute Gasteiger partial charge is 0.303 e. The van der Waals surface area contributed by atoms with Crippen molar-refractivity contribution in [2.45, 2.75) is 12.8 Å². The largest absolute Gasteiger partial charge is 0.495 e. The first-order valence-electron chi connectivity index (χ1n) is 5.69. The number of carboxylic acid groups (broad SMARTS) is 1. The Hall–Kier alpha value is -2.37. The van der Waals surface area contributed by atoms with Gasteiger partial charge in [0.15, 0.2) is 0 Å². The molecule has 1 N–H and O–H groups in total. The third-order valence-electron chi connectivity index (χ3n) is 2.68. The van der Waals surface area contributed by atoms with Gasteiger partial charge in [-0.25, -0.2) is 9.37 Å². The van der Waals surface area contributed by atoms with Gasteiger partial charge in [0.1, 0.15) is 17.4 Å². The lowest BCUT2D eigenvalue weighted by Crippen LogP contribution is -2.06. The average Bonchev–Trinajstić information content (AvgIpc) is 2.84. The summed E-state index contributed by atoms with van der Waals surface area (Å²) in [5.41, 5.74) is 0.500. The van der Waals surface area contributed by atoms with Crippen LogP contribution in [0.1, 0.15) is 12.2 Å². The standard InChI is InChI=1S/C13H13FN2O3/c1-19-11-3-2-9(14)8-10(11)16-7-6-15-12(16)4-5-13(17)18/h2-3,6-8H,4-5H2,1H3,(H,17,18). The van der Waals surface area contributed by atoms with Crippen LogP contribution in [0.3, 0.4) is 0 Å². The molecule has 0 saturated heterocycles. The number of imidazole rings is 1. The first-order valence-corrected chi connectivity index (χ1v) is 5.69. The summed E-state index contributed by atoms with van der Waals surface area (Å²) in [5, 5.41) is 8.70. The number of nitrogens with zero attached hydrogens (tertiary/aromatic N) is 2. The molecule has 0 unspecified atom stereocenters. The SMILES string of the molecule is COc1ccc(F)cc1-n1ccnc1CCC(=O)O. The number of aliphatic carboxylic acids is 1. The van der Waals surface area contributed by atoms with E-state index in [2.05, 4.69) is 4.98 Å². The fourth-order valence-corrected chi connectivity index (χ4v) is 1.81. The van der Waals surface area contributed by atoms with Gasteiger partial charge in [-0.15, -0.1) is 0 Å². The maximum Gasteiger partial charge on any atom is 0.303 e. The van der Waals surface area contributed by atoms with Gasteiger partial charge in [-0.3, -0.25) is 4.79 Å². The Labute approximate surface area is 109 Å². The molecule has 0 amide bonds. The van der Waals surface area contributed by atoms with Crippen LogP contribution in [-0.4, -0.2) is 27.7 Å². The second-order valence-electron chi connectivity index (χ2n) is 3.92. The van der Waals surface area contributed by atoms with E-state index in [4.69, 9.17) is 9.84 Å². The second-order valence-corrected chi connectivity index (χ2v) is 3.92. The molecule has 1 aromatic carbocycles. The van der Waals surface area contributed by atoms with E-state index in [1.54, 1.807) is 17.0 Å². The molecule has 0 fully saturated rings. The quantitative estimate of drug-likeness (QED) is 0.897. The fourth-order valence-electron chi connectivity index (χ4n) is 1.81. The molecule has 5 nitrogen and oxygen atoms in total. The Morgan fingerprint density at radius 1 is 1.53 bits per heavy atom. The summed E-state index contributed by atoms with van der Waals surface area (Å²) in [6, 6.07) is 4.15. The number of aromatic nitrogens is 2. The lowest BCUT2D eigenvalue weighted by atomic mass is 10.2. The Balaban J connectivity index is 2.39. The minimum absolute atomic E-state index is 0.0331. The number of carboxylic acids is 1. The van der Waals surface area contributed by atoms with E-state index in [0.717, 1.165) is 0 Å². The van der Waals surface area contributed by atoms with Crippen molar-refractivity contribution in [3.05, 3.63) is 42.2 Å². The topological polar surface area (TPSA) is 64.4 Å². The van der Waals surface area contributed by atoms with Gasteiger partial charge < -0.3 is 14.4 Å². The van der Waals surface area contributed by atoms with Gasteiger partial charge >= 0.3 is 5.97 Å². The summed E-state index contributed by atoms with van der Waals surface area (Å²) >= 11 is 0. The average molecular weight is 264 g/mol. The van der Waals surface area contributed by atoms with Crippen LogP contribution in [0.15, 0.2) is 30.6 Å². The normalized spacial score (nSPS) is 10.4. The highest BCUT2D eigenvalue weighted by Crippen LogP contribution is 2.25. The van der Waals surface area contributed by atoms with Crippen LogP contribution in [0.5, 0.6) is 5.75 Å². The van der Waals surface area contributed by atoms with Crippen molar-refractivity contribution >= 4 is 5.97 Å². The molecule has 19 heavy (non-hydrogen) atoms. The molecular weight excluding hydrogens is 251 g/mol. The number of carbonyl (C=O) groups is 1. The summed E-state index contributed by atoms with van der Waals surface area (Å²) in [4.78, 5) is 14.7. The van der Waals surface area contributed by atoms with Crippen LogP contribution in [-0.2, 0) is 11.2 Å². The number of hydrogen-bond acceptors (Lipinski definition) is 3. The molecule has 0 saturated carbocycles. The third-order valence-corrected chi connectivity index (χ3v) is 2.68. The van der Waals surface area contributed by atoms with E-state index in [9.17, 15) is 9.18 Å². The molecule has 2 rings (SSSR count). The third kappa shape index (κ3) is 2.90. The maximum atomic E-state index is 13.3. The molecular formula is C13H13FN2O3. The van der Waals surface area contributed by atoms with Gasteiger partial charge in [0.25, 0.3) is 0 Å². The van der Waals surface area contributed by atoms with Crippen LogP contribution >= 0.6 is 0 Å². The van der Waals surface area contributed by atoms with E-state index in [0.29, 0.717) is 17.3 Å². The Morgan fingerprint density at radius 2 is 2.32 bits per heavy atom. The van der Waals surface area contributed by atoms with Gasteiger partial charge in [0, 0.05) is 24.9 Å². The lowest BCUT2D eigenvalue weighted by molar-refractivity contribution is -0.137. The maximum absolute atomic E-state index is 13.3. The van der Waals surface area contributed by atoms with Crippen molar-refractivity contribution < 1.29 is 19.0 Å². The molecule has 0 radical (unpaired) electrons. The summed E-state index contributed by atoms with van der Waals surface area (Å²) in [5.74, 6) is -0.253. The fraction of sp³-hybridized carbons (Fsp3) is 0.231. The van der Waals surface area contributed by atoms with Crippen molar-refractivity contribution in [3.8, 4) is 11.4 Å². The van der Waals surface area contributed by atoms with Crippen LogP contribution in [0.4, 0.5) is 4.39 Å². The first kappa shape index (κ1) is 13.1. The molecule has 0 aliphatic carbocycles. The van der Waals surface area contributed by atoms with Gasteiger partial charge in [-0.2, -0.15) is 0 Å². The molecule has 0 aliphatic heterocycles. The van der Waals surface area contributed by atoms with Crippen molar-refractivity contribution in [2.75, 3.05) is 7.11 Å². The Morgan fingerprint density at radius 3 is 3.00 bits per heavy atom. The van der Waals surface area contributed by atoms with Crippen LogP contribution < -0.4 is 4.74 Å². The molecule has 0 spiro atoms. The molecule has 1 aromatic heterocycles. The summed E-state index contributed by atoms with van der Waals surface area (Å²) in [6.45, 7) is 0. The number of halogens is 1. The van der Waals surface area contributed by atoms with E-state index >= 15 is 0 Å². The van der Waals surface area contributed by atoms with Gasteiger partial charge in [-0.1, -0.05) is 0 Å². The molecule has 6 heteroatoms. The van der Waals surface area contributed by atoms with E-state index in [-0.39, 0.29) is 12.8 Å². The van der Waals surface area contributed by atoms with Crippen LogP contribution in [0.2, 0.25) is 0 Å². The van der Waals surface area contributed by atoms with Crippen molar-refractivity contribution in [2.24, 2.45) is 0 Å². The number of aryl methyl sites for hydroxylation is 1. The number of methoxy groups -OCH3 is 1. The monoisotopic (exact) mass is 264 g/mol. The summed E-state index contributed by atoms with van der Waals surface area (Å²) in [7, 11) is 1.49. The van der Waals surface area contributed by atoms with Gasteiger partial charge in [0.2, 0.25) is 0 Å². The summed E-state index contributed by atoms with van der Waals surface area (Å²) in [6.07, 6.45) is 3.42. The first-order chi connectivity index (χ1) is 9.11. The Kier molecular flexibility index (Phi) is 3.79. The van der Waals surface area contributed by atoms with Crippen molar-refractivity contribution in [1.82, 2.24) is 9.55 Å². The van der Waals surface area contributed by atoms with Crippen LogP contribution in [0.25, 0.3) is 5.69 Å². The molecule has 0 aliphatic rings. The highest BCUT2D eigenvalue weighted by Gasteiger charge is 2.12. The van der Waals surface area contributed by atoms with E-state index < -0.39 is 11.8 Å². The van der Waals surface area contributed by atoms with Crippen molar-refractivity contribution in [1.29, 1.82) is 0 Å². The lowest BCUT2D eigenvalue weighted by Gasteiger charge is -2.11. The number of benzene rings is 1. The molecule has 2 aromatic rings.